The van der Waals surface area contributed by atoms with Gasteiger partial charge in [0.25, 0.3) is 5.91 Å². The summed E-state index contributed by atoms with van der Waals surface area (Å²) in [6.07, 6.45) is 1.52. The molecular weight excluding hydrogens is 218 g/mol. The lowest BCUT2D eigenvalue weighted by atomic mass is 10.3. The number of nitrogen functional groups attached to an aromatic ring is 1. The molecule has 0 aliphatic rings. The number of nitrogens with two attached hydrogens (primary N) is 1. The predicted molar refractivity (Wildman–Crippen MR) is 67.8 cm³/mol. The molecule has 0 spiro atoms. The lowest BCUT2D eigenvalue weighted by Crippen LogP contribution is -2.35. The van der Waals surface area contributed by atoms with Gasteiger partial charge in [-0.15, -0.1) is 0 Å². The smallest absolute Gasteiger partial charge is 0.274 e. The first-order valence-corrected chi connectivity index (χ1v) is 5.68. The van der Waals surface area contributed by atoms with Crippen molar-refractivity contribution < 1.29 is 4.79 Å². The van der Waals surface area contributed by atoms with Gasteiger partial charge in [0.2, 0.25) is 0 Å². The van der Waals surface area contributed by atoms with Crippen LogP contribution in [0, 0.1) is 0 Å². The first-order valence-electron chi connectivity index (χ1n) is 5.68. The molecule has 0 fully saturated rings. The van der Waals surface area contributed by atoms with E-state index in [0.29, 0.717) is 24.5 Å². The van der Waals surface area contributed by atoms with Crippen LogP contribution in [0.15, 0.2) is 6.20 Å². The van der Waals surface area contributed by atoms with Crippen LogP contribution in [-0.4, -0.2) is 59.7 Å². The van der Waals surface area contributed by atoms with Crippen molar-refractivity contribution in [3.05, 3.63) is 11.9 Å². The molecular formula is C11H21N5O. The Morgan fingerprint density at radius 2 is 2.06 bits per heavy atom. The van der Waals surface area contributed by atoms with Crippen LogP contribution >= 0.6 is 0 Å². The molecule has 1 heterocycles. The number of nitrogens with zero attached hydrogens (tertiary/aromatic N) is 4. The first-order chi connectivity index (χ1) is 7.97. The van der Waals surface area contributed by atoms with Crippen LogP contribution in [0.5, 0.6) is 0 Å². The topological polar surface area (TPSA) is 67.4 Å². The van der Waals surface area contributed by atoms with Crippen molar-refractivity contribution >= 4 is 11.6 Å². The van der Waals surface area contributed by atoms with Crippen molar-refractivity contribution in [3.63, 3.8) is 0 Å². The molecule has 0 atom stereocenters. The fraction of sp³-hybridized carbons (Fsp3) is 0.636. The van der Waals surface area contributed by atoms with Crippen LogP contribution in [0.3, 0.4) is 0 Å². The molecule has 0 aliphatic heterocycles. The summed E-state index contributed by atoms with van der Waals surface area (Å²) in [4.78, 5) is 15.9. The Bertz CT molecular complexity index is 385. The van der Waals surface area contributed by atoms with Crippen LogP contribution in [0.25, 0.3) is 0 Å². The van der Waals surface area contributed by atoms with Gasteiger partial charge in [-0.1, -0.05) is 0 Å². The molecule has 6 nitrogen and oxygen atoms in total. The monoisotopic (exact) mass is 239 g/mol. The standard InChI is InChI=1S/C11H21N5O/c1-5-16-10(9(12)8-13-16)11(17)15(4)7-6-14(2)3/h8H,5-7,12H2,1-4H3. The first kappa shape index (κ1) is 13.5. The van der Waals surface area contributed by atoms with Gasteiger partial charge in [-0.2, -0.15) is 5.10 Å². The van der Waals surface area contributed by atoms with Crippen molar-refractivity contribution in [2.75, 3.05) is 40.0 Å². The minimum absolute atomic E-state index is 0.0799. The van der Waals surface area contributed by atoms with Crippen LogP contribution < -0.4 is 5.73 Å². The number of likely N-dealkylation sites (N-methyl/N-ethyl adjacent to an activating group) is 2. The highest BCUT2D eigenvalue weighted by Gasteiger charge is 2.19. The zero-order chi connectivity index (χ0) is 13.0. The van der Waals surface area contributed by atoms with Crippen LogP contribution in [0.2, 0.25) is 0 Å². The average Bonchev–Trinajstić information content (AvgIpc) is 2.66. The summed E-state index contributed by atoms with van der Waals surface area (Å²) in [7, 11) is 5.73. The van der Waals surface area contributed by atoms with E-state index in [9.17, 15) is 4.79 Å². The molecule has 2 N–H and O–H groups in total. The van der Waals surface area contributed by atoms with Crippen LogP contribution in [-0.2, 0) is 6.54 Å². The van der Waals surface area contributed by atoms with E-state index >= 15 is 0 Å². The third-order valence-corrected chi connectivity index (χ3v) is 2.60. The second-order valence-electron chi connectivity index (χ2n) is 4.29. The lowest BCUT2D eigenvalue weighted by Gasteiger charge is -2.20. The van der Waals surface area contributed by atoms with Crippen molar-refractivity contribution in [1.82, 2.24) is 19.6 Å². The summed E-state index contributed by atoms with van der Waals surface area (Å²) in [5.41, 5.74) is 6.69. The number of amides is 1. The highest BCUT2D eigenvalue weighted by atomic mass is 16.2. The summed E-state index contributed by atoms with van der Waals surface area (Å²) in [5, 5.41) is 4.07. The number of hydrogen-bond acceptors (Lipinski definition) is 4. The average molecular weight is 239 g/mol. The molecule has 0 radical (unpaired) electrons. The third kappa shape index (κ3) is 3.20. The van der Waals surface area contributed by atoms with Crippen molar-refractivity contribution in [2.24, 2.45) is 0 Å². The van der Waals surface area contributed by atoms with Crippen molar-refractivity contribution in [2.45, 2.75) is 13.5 Å². The van der Waals surface area contributed by atoms with E-state index in [4.69, 9.17) is 5.73 Å². The van der Waals surface area contributed by atoms with Gasteiger partial charge in [0.1, 0.15) is 5.69 Å². The van der Waals surface area contributed by atoms with Gasteiger partial charge in [-0.25, -0.2) is 0 Å². The quantitative estimate of drug-likeness (QED) is 0.792. The molecule has 1 amide bonds. The molecule has 6 heteroatoms. The van der Waals surface area contributed by atoms with Gasteiger partial charge < -0.3 is 15.5 Å². The highest BCUT2D eigenvalue weighted by Crippen LogP contribution is 2.12. The maximum atomic E-state index is 12.2. The second-order valence-corrected chi connectivity index (χ2v) is 4.29. The summed E-state index contributed by atoms with van der Waals surface area (Å²) >= 11 is 0. The number of anilines is 1. The lowest BCUT2D eigenvalue weighted by molar-refractivity contribution is 0.0775. The number of aryl methyl sites for hydroxylation is 1. The van der Waals surface area contributed by atoms with Gasteiger partial charge in [0.05, 0.1) is 11.9 Å². The van der Waals surface area contributed by atoms with Crippen molar-refractivity contribution in [1.29, 1.82) is 0 Å². The fourth-order valence-corrected chi connectivity index (χ4v) is 1.51. The number of carbonyl (C=O) groups is 1. The Morgan fingerprint density at radius 3 is 2.59 bits per heavy atom. The van der Waals surface area contributed by atoms with E-state index in [2.05, 4.69) is 5.10 Å². The Hall–Kier alpha value is -1.56. The Balaban J connectivity index is 2.77. The Morgan fingerprint density at radius 1 is 1.41 bits per heavy atom. The molecule has 0 bridgehead atoms. The molecule has 0 saturated carbocycles. The summed E-state index contributed by atoms with van der Waals surface area (Å²) in [6.45, 7) is 4.06. The molecule has 96 valence electrons. The molecule has 0 saturated heterocycles. The molecule has 0 aliphatic carbocycles. The zero-order valence-electron chi connectivity index (χ0n) is 11.0. The third-order valence-electron chi connectivity index (χ3n) is 2.60. The highest BCUT2D eigenvalue weighted by molar-refractivity contribution is 5.97. The van der Waals surface area contributed by atoms with Gasteiger partial charge in [-0.05, 0) is 21.0 Å². The maximum Gasteiger partial charge on any atom is 0.274 e. The summed E-state index contributed by atoms with van der Waals surface area (Å²) < 4.78 is 1.63. The zero-order valence-corrected chi connectivity index (χ0v) is 11.0. The number of rotatable bonds is 5. The van der Waals surface area contributed by atoms with E-state index in [1.165, 1.54) is 6.20 Å². The number of carbonyl (C=O) groups excluding carboxylic acids is 1. The van der Waals surface area contributed by atoms with E-state index in [0.717, 1.165) is 6.54 Å². The molecule has 17 heavy (non-hydrogen) atoms. The van der Waals surface area contributed by atoms with Crippen molar-refractivity contribution in [3.8, 4) is 0 Å². The minimum Gasteiger partial charge on any atom is -0.396 e. The van der Waals surface area contributed by atoms with Gasteiger partial charge in [-0.3, -0.25) is 9.48 Å². The number of hydrogen-bond donors (Lipinski definition) is 1. The molecule has 0 unspecified atom stereocenters. The fourth-order valence-electron chi connectivity index (χ4n) is 1.51. The number of aromatic nitrogens is 2. The normalized spacial score (nSPS) is 10.9. The minimum atomic E-state index is -0.0799. The Kier molecular flexibility index (Phi) is 4.51. The largest absolute Gasteiger partial charge is 0.396 e. The summed E-state index contributed by atoms with van der Waals surface area (Å²) in [5.74, 6) is -0.0799. The van der Waals surface area contributed by atoms with E-state index in [-0.39, 0.29) is 5.91 Å². The molecule has 1 aromatic rings. The SMILES string of the molecule is CCn1ncc(N)c1C(=O)N(C)CCN(C)C. The van der Waals surface area contributed by atoms with Gasteiger partial charge >= 0.3 is 0 Å². The maximum absolute atomic E-state index is 12.2. The molecule has 1 aromatic heterocycles. The van der Waals surface area contributed by atoms with Crippen LogP contribution in [0.4, 0.5) is 5.69 Å². The van der Waals surface area contributed by atoms with E-state index in [1.54, 1.807) is 16.6 Å². The van der Waals surface area contributed by atoms with Crippen LogP contribution in [0.1, 0.15) is 17.4 Å². The predicted octanol–water partition coefficient (Wildman–Crippen LogP) is 0.119. The Labute approximate surface area is 102 Å². The second kappa shape index (κ2) is 5.67. The van der Waals surface area contributed by atoms with Gasteiger partial charge in [0, 0.05) is 26.7 Å². The summed E-state index contributed by atoms with van der Waals surface area (Å²) in [6, 6.07) is 0. The van der Waals surface area contributed by atoms with Gasteiger partial charge in [0.15, 0.2) is 0 Å². The molecule has 1 rings (SSSR count). The van der Waals surface area contributed by atoms with E-state index < -0.39 is 0 Å². The molecule has 0 aromatic carbocycles. The van der Waals surface area contributed by atoms with E-state index in [1.807, 2.05) is 25.9 Å².